The first-order valence-corrected chi connectivity index (χ1v) is 9.46. The highest BCUT2D eigenvalue weighted by Gasteiger charge is 2.15. The molecule has 0 aliphatic carbocycles. The fourth-order valence-electron chi connectivity index (χ4n) is 2.78. The molecule has 0 spiro atoms. The number of nitrogens with two attached hydrogens (primary N) is 1. The summed E-state index contributed by atoms with van der Waals surface area (Å²) in [7, 11) is 1.44. The van der Waals surface area contributed by atoms with E-state index in [4.69, 9.17) is 32.1 Å². The lowest BCUT2D eigenvalue weighted by molar-refractivity contribution is 0.0997. The van der Waals surface area contributed by atoms with Gasteiger partial charge in [0, 0.05) is 30.3 Å². The van der Waals surface area contributed by atoms with Gasteiger partial charge in [-0.25, -0.2) is 4.79 Å². The molecule has 0 bridgehead atoms. The molecular weight excluding hydrogens is 422 g/mol. The normalized spacial score (nSPS) is 10.2. The molecule has 3 amide bonds. The number of hydrogen-bond acceptors (Lipinski definition) is 6. The van der Waals surface area contributed by atoms with Crippen molar-refractivity contribution in [1.29, 1.82) is 5.26 Å². The van der Waals surface area contributed by atoms with Crippen molar-refractivity contribution in [2.24, 2.45) is 5.73 Å². The first-order valence-electron chi connectivity index (χ1n) is 9.08. The Morgan fingerprint density at radius 3 is 2.71 bits per heavy atom. The van der Waals surface area contributed by atoms with Crippen LogP contribution in [-0.4, -0.2) is 30.6 Å². The van der Waals surface area contributed by atoms with Crippen molar-refractivity contribution >= 4 is 40.1 Å². The maximum absolute atomic E-state index is 11.8. The highest BCUT2D eigenvalue weighted by Crippen LogP contribution is 2.35. The maximum Gasteiger partial charge on any atom is 0.319 e. The second-order valence-corrected chi connectivity index (χ2v) is 6.68. The number of primary amides is 1. The predicted octanol–water partition coefficient (Wildman–Crippen LogP) is 3.82. The van der Waals surface area contributed by atoms with E-state index in [0.717, 1.165) is 0 Å². The minimum absolute atomic E-state index is 0.202. The summed E-state index contributed by atoms with van der Waals surface area (Å²) in [5.41, 5.74) is 6.58. The zero-order chi connectivity index (χ0) is 22.4. The lowest BCUT2D eigenvalue weighted by Crippen LogP contribution is -2.29. The Morgan fingerprint density at radius 2 is 2.03 bits per heavy atom. The van der Waals surface area contributed by atoms with Gasteiger partial charge < -0.3 is 25.8 Å². The summed E-state index contributed by atoms with van der Waals surface area (Å²) >= 11 is 6.26. The molecule has 0 aliphatic rings. The molecule has 9 nitrogen and oxygen atoms in total. The highest BCUT2D eigenvalue weighted by atomic mass is 35.5. The number of amides is 3. The summed E-state index contributed by atoms with van der Waals surface area (Å²) in [5, 5.41) is 14.5. The van der Waals surface area contributed by atoms with E-state index in [1.54, 1.807) is 36.5 Å². The lowest BCUT2D eigenvalue weighted by atomic mass is 10.1. The second kappa shape index (κ2) is 9.65. The van der Waals surface area contributed by atoms with Crippen LogP contribution < -0.4 is 25.8 Å². The van der Waals surface area contributed by atoms with Crippen molar-refractivity contribution < 1.29 is 19.1 Å². The lowest BCUT2D eigenvalue weighted by Gasteiger charge is -2.13. The van der Waals surface area contributed by atoms with Gasteiger partial charge >= 0.3 is 6.03 Å². The Hall–Kier alpha value is -4.03. The van der Waals surface area contributed by atoms with Gasteiger partial charge in [0.05, 0.1) is 41.4 Å². The van der Waals surface area contributed by atoms with Crippen LogP contribution in [0, 0.1) is 11.3 Å². The van der Waals surface area contributed by atoms with Crippen LogP contribution in [0.15, 0.2) is 42.6 Å². The van der Waals surface area contributed by atoms with Gasteiger partial charge in [-0.3, -0.25) is 9.78 Å². The zero-order valence-electron chi connectivity index (χ0n) is 16.4. The summed E-state index contributed by atoms with van der Waals surface area (Å²) in [6.07, 6.45) is 1.77. The number of urea groups is 1. The molecule has 3 aromatic rings. The SMILES string of the molecule is COc1cc2nccc(Oc3ccc(NC(=O)NCCC#N)c(Cl)c3)c2cc1C(N)=O. The number of rotatable bonds is 7. The largest absolute Gasteiger partial charge is 0.496 e. The third-order valence-electron chi connectivity index (χ3n) is 4.23. The van der Waals surface area contributed by atoms with Gasteiger partial charge in [0.2, 0.25) is 0 Å². The van der Waals surface area contributed by atoms with E-state index in [2.05, 4.69) is 15.6 Å². The van der Waals surface area contributed by atoms with E-state index in [9.17, 15) is 9.59 Å². The summed E-state index contributed by atoms with van der Waals surface area (Å²) in [6.45, 7) is 0.230. The van der Waals surface area contributed by atoms with Crippen molar-refractivity contribution in [3.63, 3.8) is 0 Å². The van der Waals surface area contributed by atoms with Crippen LogP contribution in [0.1, 0.15) is 16.8 Å². The Balaban J connectivity index is 1.85. The van der Waals surface area contributed by atoms with Crippen molar-refractivity contribution in [2.45, 2.75) is 6.42 Å². The molecule has 2 aromatic carbocycles. The molecule has 1 aromatic heterocycles. The monoisotopic (exact) mass is 439 g/mol. The predicted molar refractivity (Wildman–Crippen MR) is 116 cm³/mol. The molecule has 0 aliphatic heterocycles. The number of anilines is 1. The van der Waals surface area contributed by atoms with Gasteiger partial charge in [0.1, 0.15) is 17.2 Å². The number of aromatic nitrogens is 1. The number of nitriles is 1. The molecule has 0 saturated carbocycles. The molecule has 10 heteroatoms. The number of fused-ring (bicyclic) bond motifs is 1. The molecule has 4 N–H and O–H groups in total. The highest BCUT2D eigenvalue weighted by molar-refractivity contribution is 6.33. The quantitative estimate of drug-likeness (QED) is 0.478. The fourth-order valence-corrected chi connectivity index (χ4v) is 3.00. The van der Waals surface area contributed by atoms with Gasteiger partial charge in [-0.15, -0.1) is 0 Å². The van der Waals surface area contributed by atoms with E-state index in [-0.39, 0.29) is 23.6 Å². The minimum atomic E-state index is -0.639. The first kappa shape index (κ1) is 21.7. The zero-order valence-corrected chi connectivity index (χ0v) is 17.2. The number of hydrogen-bond donors (Lipinski definition) is 3. The van der Waals surface area contributed by atoms with E-state index in [0.29, 0.717) is 33.8 Å². The number of carbonyl (C=O) groups is 2. The molecule has 1 heterocycles. The summed E-state index contributed by atoms with van der Waals surface area (Å²) in [5.74, 6) is 0.516. The van der Waals surface area contributed by atoms with Crippen LogP contribution in [0.3, 0.4) is 0 Å². The smallest absolute Gasteiger partial charge is 0.319 e. The average Bonchev–Trinajstić information content (AvgIpc) is 2.75. The number of ether oxygens (including phenoxy) is 2. The molecule has 158 valence electrons. The van der Waals surface area contributed by atoms with Crippen LogP contribution in [0.2, 0.25) is 5.02 Å². The van der Waals surface area contributed by atoms with Gasteiger partial charge in [0.25, 0.3) is 5.91 Å². The Kier molecular flexibility index (Phi) is 6.74. The second-order valence-electron chi connectivity index (χ2n) is 6.28. The third-order valence-corrected chi connectivity index (χ3v) is 4.54. The Bertz CT molecular complexity index is 1190. The van der Waals surface area contributed by atoms with E-state index < -0.39 is 11.9 Å². The molecule has 3 rings (SSSR count). The summed E-state index contributed by atoms with van der Waals surface area (Å²) in [4.78, 5) is 27.9. The topological polar surface area (TPSA) is 139 Å². The van der Waals surface area contributed by atoms with Crippen molar-refractivity contribution in [3.05, 3.63) is 53.2 Å². The molecule has 0 unspecified atom stereocenters. The first-order chi connectivity index (χ1) is 14.9. The number of pyridine rings is 1. The van der Waals surface area contributed by atoms with Crippen LogP contribution in [0.4, 0.5) is 10.5 Å². The van der Waals surface area contributed by atoms with Crippen molar-refractivity contribution in [1.82, 2.24) is 10.3 Å². The van der Waals surface area contributed by atoms with Crippen LogP contribution in [0.5, 0.6) is 17.2 Å². The van der Waals surface area contributed by atoms with Crippen LogP contribution in [0.25, 0.3) is 10.9 Å². The maximum atomic E-state index is 11.8. The van der Waals surface area contributed by atoms with Gasteiger partial charge in [-0.05, 0) is 24.3 Å². The molecule has 0 saturated heterocycles. The number of nitrogens with one attached hydrogen (secondary N) is 2. The fraction of sp³-hybridized carbons (Fsp3) is 0.143. The van der Waals surface area contributed by atoms with Gasteiger partial charge in [0.15, 0.2) is 0 Å². The molecule has 0 fully saturated rings. The Morgan fingerprint density at radius 1 is 1.23 bits per heavy atom. The standard InChI is InChI=1S/C21H18ClN5O4/c1-30-19-11-17-13(10-14(19)20(24)28)18(5-8-25-17)31-12-3-4-16(15(22)9-12)27-21(29)26-7-2-6-23/h3-5,8-11H,2,7H2,1H3,(H2,24,28)(H2,26,27,29). The molecule has 0 atom stereocenters. The molecule has 0 radical (unpaired) electrons. The van der Waals surface area contributed by atoms with Gasteiger partial charge in [-0.2, -0.15) is 5.26 Å². The Labute approximate surface area is 182 Å². The van der Waals surface area contributed by atoms with Gasteiger partial charge in [-0.1, -0.05) is 11.6 Å². The van der Waals surface area contributed by atoms with Crippen molar-refractivity contribution in [2.75, 3.05) is 19.0 Å². The number of carbonyl (C=O) groups excluding carboxylic acids is 2. The van der Waals surface area contributed by atoms with Crippen LogP contribution >= 0.6 is 11.6 Å². The third kappa shape index (κ3) is 5.12. The average molecular weight is 440 g/mol. The number of benzene rings is 2. The van der Waals surface area contributed by atoms with E-state index in [1.165, 1.54) is 13.2 Å². The summed E-state index contributed by atoms with van der Waals surface area (Å²) in [6, 6.07) is 11.0. The number of methoxy groups -OCH3 is 1. The van der Waals surface area contributed by atoms with E-state index >= 15 is 0 Å². The number of nitrogens with zero attached hydrogens (tertiary/aromatic N) is 2. The summed E-state index contributed by atoms with van der Waals surface area (Å²) < 4.78 is 11.1. The molecule has 31 heavy (non-hydrogen) atoms. The van der Waals surface area contributed by atoms with E-state index in [1.807, 2.05) is 6.07 Å². The van der Waals surface area contributed by atoms with Crippen molar-refractivity contribution in [3.8, 4) is 23.3 Å². The molecular formula is C21H18ClN5O4. The van der Waals surface area contributed by atoms with Crippen LogP contribution in [-0.2, 0) is 0 Å². The minimum Gasteiger partial charge on any atom is -0.496 e. The number of halogens is 1.